The molecule has 8 heteroatoms. The largest absolute Gasteiger partial charge is 3.00 e. The first-order valence-electron chi connectivity index (χ1n) is 5.96. The third-order valence-electron chi connectivity index (χ3n) is 1.22. The summed E-state index contributed by atoms with van der Waals surface area (Å²) in [4.78, 5) is 29.9. The van der Waals surface area contributed by atoms with Gasteiger partial charge in [0.15, 0.2) is 17.3 Å². The summed E-state index contributed by atoms with van der Waals surface area (Å²) in [7, 11) is 0. The maximum absolute atomic E-state index is 9.98. The van der Waals surface area contributed by atoms with Gasteiger partial charge in [0.25, 0.3) is 0 Å². The minimum Gasteiger partial charge on any atom is -0.876 e. The maximum atomic E-state index is 9.98. The van der Waals surface area contributed by atoms with Crippen LogP contribution < -0.4 is 15.3 Å². The van der Waals surface area contributed by atoms with Crippen molar-refractivity contribution in [1.82, 2.24) is 0 Å². The zero-order valence-corrected chi connectivity index (χ0v) is 16.5. The normalized spacial score (nSPS) is 10.4. The predicted molar refractivity (Wildman–Crippen MR) is 76.9 cm³/mol. The summed E-state index contributed by atoms with van der Waals surface area (Å²) in [5.74, 6) is -1.12. The van der Waals surface area contributed by atoms with Crippen LogP contribution >= 0.6 is 0 Å². The Morgan fingerprint density at radius 3 is 0.696 bits per heavy atom. The monoisotopic (exact) mass is 468 g/mol. The second-order valence-corrected chi connectivity index (χ2v) is 4.10. The van der Waals surface area contributed by atoms with E-state index >= 15 is 0 Å². The molecular weight excluding hydrogens is 444 g/mol. The van der Waals surface area contributed by atoms with E-state index in [1.54, 1.807) is 0 Å². The van der Waals surface area contributed by atoms with Crippen LogP contribution in [-0.2, 0) is 14.4 Å². The van der Waals surface area contributed by atoms with Crippen LogP contribution in [0.15, 0.2) is 35.5 Å². The van der Waals surface area contributed by atoms with Gasteiger partial charge in [0.1, 0.15) is 0 Å². The zero-order valence-electron chi connectivity index (χ0n) is 14.1. The molecule has 0 amide bonds. The molecule has 7 nitrogen and oxygen atoms in total. The number of hydrogen-bond donors (Lipinski definition) is 0. The topological polar surface area (TPSA) is 152 Å². The number of rotatable bonds is 3. The van der Waals surface area contributed by atoms with E-state index in [2.05, 4.69) is 0 Å². The van der Waals surface area contributed by atoms with Crippen LogP contribution in [0.5, 0.6) is 0 Å². The Hall–Kier alpha value is -0.826. The van der Waals surface area contributed by atoms with E-state index in [-0.39, 0.29) is 89.5 Å². The van der Waals surface area contributed by atoms with Crippen LogP contribution in [0.4, 0.5) is 0 Å². The first kappa shape index (κ1) is 33.7. The van der Waals surface area contributed by atoms with Gasteiger partial charge in [0.2, 0.25) is 0 Å². The van der Waals surface area contributed by atoms with Gasteiger partial charge in [-0.2, -0.15) is 0 Å². The third-order valence-corrected chi connectivity index (χ3v) is 1.22. The minimum absolute atomic E-state index is 0. The van der Waals surface area contributed by atoms with E-state index in [0.29, 0.717) is 0 Å². The van der Waals surface area contributed by atoms with Crippen LogP contribution in [0.2, 0.25) is 0 Å². The summed E-state index contributed by atoms with van der Waals surface area (Å²) in [6.07, 6.45) is 3.17. The molecule has 0 aromatic carbocycles. The van der Waals surface area contributed by atoms with Crippen molar-refractivity contribution in [2.75, 3.05) is 0 Å². The molecule has 0 aliphatic carbocycles. The maximum Gasteiger partial charge on any atom is 3.00 e. The molecule has 0 aliphatic heterocycles. The molecule has 0 rings (SSSR count). The van der Waals surface area contributed by atoms with E-state index in [4.69, 9.17) is 0 Å². The fourth-order valence-electron chi connectivity index (χ4n) is 0.859. The van der Waals surface area contributed by atoms with Crippen LogP contribution in [0.3, 0.4) is 0 Å². The van der Waals surface area contributed by atoms with Crippen LogP contribution in [0.1, 0.15) is 41.5 Å². The van der Waals surface area contributed by atoms with Crippen molar-refractivity contribution in [1.29, 1.82) is 0 Å². The van der Waals surface area contributed by atoms with Crippen molar-refractivity contribution in [2.24, 2.45) is 0 Å². The molecule has 0 saturated carbocycles. The Bertz CT molecular complexity index is 370. The zero-order chi connectivity index (χ0) is 17.6. The molecule has 23 heavy (non-hydrogen) atoms. The van der Waals surface area contributed by atoms with Crippen LogP contribution in [0.25, 0.3) is 0 Å². The van der Waals surface area contributed by atoms with Gasteiger partial charge >= 0.3 is 49.4 Å². The smallest absolute Gasteiger partial charge is 0.876 e. The van der Waals surface area contributed by atoms with Crippen molar-refractivity contribution >= 4 is 17.3 Å². The minimum atomic E-state index is -0.187. The Balaban J connectivity index is -0.0000000675. The Kier molecular flexibility index (Phi) is 31.0. The number of carbonyl (C=O) groups is 3. The van der Waals surface area contributed by atoms with Crippen molar-refractivity contribution in [3.05, 3.63) is 35.5 Å². The van der Waals surface area contributed by atoms with Gasteiger partial charge in [-0.15, -0.1) is 17.3 Å². The molecule has 0 aromatic rings. The summed E-state index contributed by atoms with van der Waals surface area (Å²) in [6, 6.07) is 0. The van der Waals surface area contributed by atoms with E-state index in [1.807, 2.05) is 0 Å². The average molecular weight is 467 g/mol. The van der Waals surface area contributed by atoms with E-state index in [9.17, 15) is 29.7 Å². The van der Waals surface area contributed by atoms with Gasteiger partial charge in [0, 0.05) is 0 Å². The van der Waals surface area contributed by atoms with E-state index in [0.717, 1.165) is 18.2 Å². The third kappa shape index (κ3) is 62.3. The van der Waals surface area contributed by atoms with Gasteiger partial charge < -0.3 is 20.8 Å². The number of hydrogen-bond acceptors (Lipinski definition) is 6. The predicted octanol–water partition coefficient (Wildman–Crippen LogP) is -1.31. The SMILES string of the molecule is CC(=O)C=C(C)[O-].CC(=O)C=C(C)[O-].CC(=O)C=C(C)[O-].O.[Eu+3]. The molecule has 0 unspecified atom stereocenters. The van der Waals surface area contributed by atoms with Gasteiger partial charge in [-0.05, 0) is 39.0 Å². The number of ketones is 3. The molecule has 0 heterocycles. The number of allylic oxidation sites excluding steroid dienone is 6. The molecular formula is C15H23EuO7. The second-order valence-electron chi connectivity index (χ2n) is 4.10. The quantitative estimate of drug-likeness (QED) is 0.371. The fourth-order valence-corrected chi connectivity index (χ4v) is 0.859. The summed E-state index contributed by atoms with van der Waals surface area (Å²) >= 11 is 0. The molecule has 0 fully saturated rings. The summed E-state index contributed by atoms with van der Waals surface area (Å²) in [5, 5.41) is 29.9. The molecule has 0 aliphatic rings. The Morgan fingerprint density at radius 1 is 0.565 bits per heavy atom. The first-order chi connectivity index (χ1) is 9.38. The van der Waals surface area contributed by atoms with Crippen molar-refractivity contribution in [3.8, 4) is 0 Å². The Labute approximate surface area is 177 Å². The number of carbonyl (C=O) groups excluding carboxylic acids is 3. The van der Waals surface area contributed by atoms with Crippen molar-refractivity contribution in [2.45, 2.75) is 41.5 Å². The summed E-state index contributed by atoms with van der Waals surface area (Å²) in [5.41, 5.74) is 0. The fraction of sp³-hybridized carbons (Fsp3) is 0.400. The van der Waals surface area contributed by atoms with Crippen molar-refractivity contribution in [3.63, 3.8) is 0 Å². The first-order valence-corrected chi connectivity index (χ1v) is 5.96. The molecule has 0 atom stereocenters. The van der Waals surface area contributed by atoms with Gasteiger partial charge in [-0.1, -0.05) is 20.8 Å². The van der Waals surface area contributed by atoms with Gasteiger partial charge in [-0.3, -0.25) is 14.4 Å². The molecule has 0 radical (unpaired) electrons. The molecule has 2 N–H and O–H groups in total. The van der Waals surface area contributed by atoms with Gasteiger partial charge in [-0.25, -0.2) is 0 Å². The summed E-state index contributed by atoms with van der Waals surface area (Å²) < 4.78 is 0. The van der Waals surface area contributed by atoms with E-state index < -0.39 is 0 Å². The molecule has 0 spiro atoms. The molecule has 0 aromatic heterocycles. The molecule has 0 saturated heterocycles. The standard InChI is InChI=1S/3C5H8O2.Eu.H2O/c3*1-4(6)3-5(2)7;;/h3*3,6H,1-2H3;;1H2/q;;;+3;/p-3. The molecule has 132 valence electrons. The average Bonchev–Trinajstić information content (AvgIpc) is 2.10. The van der Waals surface area contributed by atoms with E-state index in [1.165, 1.54) is 41.5 Å². The Morgan fingerprint density at radius 2 is 0.696 bits per heavy atom. The van der Waals surface area contributed by atoms with Crippen LogP contribution in [-0.4, -0.2) is 22.8 Å². The van der Waals surface area contributed by atoms with Gasteiger partial charge in [0.05, 0.1) is 0 Å². The van der Waals surface area contributed by atoms with Crippen molar-refractivity contribution < 1.29 is 84.6 Å². The van der Waals surface area contributed by atoms with Crippen LogP contribution in [0, 0.1) is 49.4 Å². The summed E-state index contributed by atoms with van der Waals surface area (Å²) in [6.45, 7) is 8.09. The second kappa shape index (κ2) is 21.2. The molecule has 0 bridgehead atoms.